The molecule has 0 aromatic carbocycles. The summed E-state index contributed by atoms with van der Waals surface area (Å²) in [6.45, 7) is 6.59. The number of piperidine rings is 1. The molecule has 0 aromatic heterocycles. The predicted molar refractivity (Wildman–Crippen MR) is 53.5 cm³/mol. The van der Waals surface area contributed by atoms with E-state index in [0.717, 1.165) is 6.54 Å². The second-order valence-electron chi connectivity index (χ2n) is 3.47. The molecule has 0 radical (unpaired) electrons. The molecule has 0 N–H and O–H groups in total. The van der Waals surface area contributed by atoms with E-state index in [9.17, 15) is 0 Å². The standard InChI is InChI=1S/C7H15NO.C3H8/c1-8-5-3-4-7(6-8)9-2;1-3-2/h7H,3-6H2,1-2H3;3H2,1-2H3/t7-;/m0./s1. The Morgan fingerprint density at radius 1 is 1.42 bits per heavy atom. The Labute approximate surface area is 76.9 Å². The van der Waals surface area contributed by atoms with Crippen LogP contribution in [0.25, 0.3) is 0 Å². The first-order chi connectivity index (χ1) is 5.74. The first-order valence-electron chi connectivity index (χ1n) is 4.95. The summed E-state index contributed by atoms with van der Waals surface area (Å²) in [5.41, 5.74) is 0. The topological polar surface area (TPSA) is 12.5 Å². The second-order valence-corrected chi connectivity index (χ2v) is 3.47. The molecule has 1 rings (SSSR count). The summed E-state index contributed by atoms with van der Waals surface area (Å²) >= 11 is 0. The van der Waals surface area contributed by atoms with Gasteiger partial charge in [-0.2, -0.15) is 0 Å². The zero-order valence-electron chi connectivity index (χ0n) is 8.97. The minimum atomic E-state index is 0.490. The normalized spacial score (nSPS) is 24.5. The highest BCUT2D eigenvalue weighted by Gasteiger charge is 2.15. The number of hydrogen-bond donors (Lipinski definition) is 0. The third-order valence-electron chi connectivity index (χ3n) is 1.91. The van der Waals surface area contributed by atoms with Gasteiger partial charge in [0.2, 0.25) is 0 Å². The number of rotatable bonds is 1. The second kappa shape index (κ2) is 7.56. The van der Waals surface area contributed by atoms with Gasteiger partial charge in [-0.25, -0.2) is 0 Å². The molecule has 0 aliphatic carbocycles. The lowest BCUT2D eigenvalue weighted by molar-refractivity contribution is 0.0408. The van der Waals surface area contributed by atoms with Crippen molar-refractivity contribution in [2.75, 3.05) is 27.2 Å². The summed E-state index contributed by atoms with van der Waals surface area (Å²) in [4.78, 5) is 2.32. The van der Waals surface area contributed by atoms with Gasteiger partial charge in [0, 0.05) is 13.7 Å². The van der Waals surface area contributed by atoms with Gasteiger partial charge in [-0.15, -0.1) is 0 Å². The Hall–Kier alpha value is -0.0800. The minimum absolute atomic E-state index is 0.490. The molecule has 0 unspecified atom stereocenters. The van der Waals surface area contributed by atoms with Gasteiger partial charge in [-0.05, 0) is 26.4 Å². The quantitative estimate of drug-likeness (QED) is 0.602. The molecule has 1 aliphatic rings. The lowest BCUT2D eigenvalue weighted by Crippen LogP contribution is -2.36. The number of hydrogen-bond acceptors (Lipinski definition) is 2. The Morgan fingerprint density at radius 2 is 2.00 bits per heavy atom. The van der Waals surface area contributed by atoms with Crippen molar-refractivity contribution in [2.45, 2.75) is 39.2 Å². The number of ether oxygens (including phenoxy) is 1. The summed E-state index contributed by atoms with van der Waals surface area (Å²) in [5, 5.41) is 0. The van der Waals surface area contributed by atoms with Crippen molar-refractivity contribution in [3.63, 3.8) is 0 Å². The van der Waals surface area contributed by atoms with Crippen LogP contribution < -0.4 is 0 Å². The van der Waals surface area contributed by atoms with Crippen molar-refractivity contribution in [1.29, 1.82) is 0 Å². The predicted octanol–water partition coefficient (Wildman–Crippen LogP) is 2.14. The van der Waals surface area contributed by atoms with E-state index in [0.29, 0.717) is 6.10 Å². The highest BCUT2D eigenvalue weighted by atomic mass is 16.5. The van der Waals surface area contributed by atoms with Crippen molar-refractivity contribution >= 4 is 0 Å². The molecule has 0 saturated carbocycles. The number of likely N-dealkylation sites (N-methyl/N-ethyl adjacent to an activating group) is 1. The molecule has 12 heavy (non-hydrogen) atoms. The lowest BCUT2D eigenvalue weighted by atomic mass is 10.1. The fourth-order valence-electron chi connectivity index (χ4n) is 1.31. The molecule has 0 spiro atoms. The molecule has 2 nitrogen and oxygen atoms in total. The van der Waals surface area contributed by atoms with Gasteiger partial charge in [0.05, 0.1) is 6.10 Å². The highest BCUT2D eigenvalue weighted by molar-refractivity contribution is 4.69. The van der Waals surface area contributed by atoms with E-state index in [-0.39, 0.29) is 0 Å². The third kappa shape index (κ3) is 5.56. The van der Waals surface area contributed by atoms with Crippen LogP contribution in [0.5, 0.6) is 0 Å². The highest BCUT2D eigenvalue weighted by Crippen LogP contribution is 2.09. The van der Waals surface area contributed by atoms with E-state index in [1.54, 1.807) is 7.11 Å². The molecule has 0 amide bonds. The van der Waals surface area contributed by atoms with E-state index in [2.05, 4.69) is 25.8 Å². The maximum atomic E-state index is 5.22. The van der Waals surface area contributed by atoms with Crippen molar-refractivity contribution < 1.29 is 4.74 Å². The van der Waals surface area contributed by atoms with Gasteiger partial charge in [-0.1, -0.05) is 20.3 Å². The van der Waals surface area contributed by atoms with Gasteiger partial charge < -0.3 is 9.64 Å². The Kier molecular flexibility index (Phi) is 7.51. The van der Waals surface area contributed by atoms with Crippen molar-refractivity contribution in [2.24, 2.45) is 0 Å². The maximum Gasteiger partial charge on any atom is 0.0698 e. The van der Waals surface area contributed by atoms with Crippen LogP contribution in [0.2, 0.25) is 0 Å². The van der Waals surface area contributed by atoms with E-state index in [1.165, 1.54) is 25.8 Å². The van der Waals surface area contributed by atoms with E-state index < -0.39 is 0 Å². The molecule has 1 aliphatic heterocycles. The zero-order valence-corrected chi connectivity index (χ0v) is 8.97. The van der Waals surface area contributed by atoms with E-state index in [4.69, 9.17) is 4.74 Å². The van der Waals surface area contributed by atoms with Crippen molar-refractivity contribution in [1.82, 2.24) is 4.90 Å². The Morgan fingerprint density at radius 3 is 2.33 bits per heavy atom. The van der Waals surface area contributed by atoms with Gasteiger partial charge in [0.15, 0.2) is 0 Å². The van der Waals surface area contributed by atoms with Crippen LogP contribution in [0.1, 0.15) is 33.1 Å². The van der Waals surface area contributed by atoms with Crippen LogP contribution in [0.15, 0.2) is 0 Å². The molecule has 0 bridgehead atoms. The van der Waals surface area contributed by atoms with Crippen LogP contribution in [0.3, 0.4) is 0 Å². The van der Waals surface area contributed by atoms with Gasteiger partial charge >= 0.3 is 0 Å². The fraction of sp³-hybridized carbons (Fsp3) is 1.00. The van der Waals surface area contributed by atoms with Crippen LogP contribution in [-0.4, -0.2) is 38.3 Å². The van der Waals surface area contributed by atoms with Crippen molar-refractivity contribution in [3.05, 3.63) is 0 Å². The van der Waals surface area contributed by atoms with Crippen molar-refractivity contribution in [3.8, 4) is 0 Å². The third-order valence-corrected chi connectivity index (χ3v) is 1.91. The molecule has 1 saturated heterocycles. The molecular formula is C10H23NO. The molecule has 1 atom stereocenters. The zero-order chi connectivity index (χ0) is 9.40. The first-order valence-corrected chi connectivity index (χ1v) is 4.95. The molecular weight excluding hydrogens is 150 g/mol. The average molecular weight is 173 g/mol. The monoisotopic (exact) mass is 173 g/mol. The number of methoxy groups -OCH3 is 1. The molecule has 2 heteroatoms. The number of nitrogens with zero attached hydrogens (tertiary/aromatic N) is 1. The van der Waals surface area contributed by atoms with E-state index >= 15 is 0 Å². The first kappa shape index (κ1) is 11.9. The molecule has 1 fully saturated rings. The van der Waals surface area contributed by atoms with E-state index in [1.807, 2.05) is 0 Å². The number of likely N-dealkylation sites (tertiary alicyclic amines) is 1. The van der Waals surface area contributed by atoms with Gasteiger partial charge in [0.25, 0.3) is 0 Å². The average Bonchev–Trinajstić information content (AvgIpc) is 2.06. The summed E-state index contributed by atoms with van der Waals surface area (Å²) in [5.74, 6) is 0. The minimum Gasteiger partial charge on any atom is -0.380 e. The van der Waals surface area contributed by atoms with Gasteiger partial charge in [-0.3, -0.25) is 0 Å². The summed E-state index contributed by atoms with van der Waals surface area (Å²) in [7, 11) is 3.94. The fourth-order valence-corrected chi connectivity index (χ4v) is 1.31. The van der Waals surface area contributed by atoms with Crippen LogP contribution in [0.4, 0.5) is 0 Å². The largest absolute Gasteiger partial charge is 0.380 e. The molecule has 0 aromatic rings. The maximum absolute atomic E-state index is 5.22. The lowest BCUT2D eigenvalue weighted by Gasteiger charge is -2.28. The Bertz CT molecular complexity index is 95.8. The van der Waals surface area contributed by atoms with Crippen LogP contribution >= 0.6 is 0 Å². The molecule has 74 valence electrons. The van der Waals surface area contributed by atoms with Gasteiger partial charge in [0.1, 0.15) is 0 Å². The molecule has 1 heterocycles. The van der Waals surface area contributed by atoms with Crippen LogP contribution in [0, 0.1) is 0 Å². The van der Waals surface area contributed by atoms with Crippen LogP contribution in [-0.2, 0) is 4.74 Å². The summed E-state index contributed by atoms with van der Waals surface area (Å²) in [6, 6.07) is 0. The SMILES string of the molecule is CCC.CO[C@H]1CCCN(C)C1. The summed E-state index contributed by atoms with van der Waals surface area (Å²) < 4.78 is 5.22. The Balaban J connectivity index is 0.000000354. The summed E-state index contributed by atoms with van der Waals surface area (Å²) in [6.07, 6.45) is 4.26. The smallest absolute Gasteiger partial charge is 0.0698 e.